The van der Waals surface area contributed by atoms with E-state index in [1.165, 1.54) is 0 Å². The van der Waals surface area contributed by atoms with Crippen molar-refractivity contribution in [1.82, 2.24) is 25.1 Å². The van der Waals surface area contributed by atoms with E-state index in [9.17, 15) is 0 Å². The van der Waals surface area contributed by atoms with Crippen molar-refractivity contribution in [3.8, 4) is 29.0 Å². The number of hydrogen-bond donors (Lipinski definition) is 1. The van der Waals surface area contributed by atoms with Gasteiger partial charge in [-0.05, 0) is 24.3 Å². The van der Waals surface area contributed by atoms with Gasteiger partial charge < -0.3 is 0 Å². The molecule has 0 unspecified atom stereocenters. The molecular weight excluding hydrogens is 240 g/mol. The number of nitrogens with one attached hydrogen (secondary N) is 1. The maximum Gasteiger partial charge on any atom is 0.181 e. The van der Waals surface area contributed by atoms with Gasteiger partial charge in [0.25, 0.3) is 0 Å². The fourth-order valence-corrected chi connectivity index (χ4v) is 1.64. The lowest BCUT2D eigenvalue weighted by Crippen LogP contribution is -1.86. The van der Waals surface area contributed by atoms with Crippen LogP contribution in [0.15, 0.2) is 42.7 Å². The van der Waals surface area contributed by atoms with Crippen molar-refractivity contribution >= 4 is 0 Å². The minimum absolute atomic E-state index is 0.335. The second kappa shape index (κ2) is 4.66. The summed E-state index contributed by atoms with van der Waals surface area (Å²) in [5.74, 6) is 1.10. The summed E-state index contributed by atoms with van der Waals surface area (Å²) in [7, 11) is 0. The quantitative estimate of drug-likeness (QED) is 0.746. The van der Waals surface area contributed by atoms with E-state index in [1.54, 1.807) is 24.5 Å². The first-order valence-corrected chi connectivity index (χ1v) is 5.57. The van der Waals surface area contributed by atoms with Crippen molar-refractivity contribution in [3.05, 3.63) is 48.4 Å². The molecule has 6 nitrogen and oxygen atoms in total. The standard InChI is InChI=1S/C13H8N6/c14-8-10-7-9(4-6-15-10)12-17-13(19-18-12)11-3-1-2-5-16-11/h1-7H,(H,17,18,19). The van der Waals surface area contributed by atoms with Crippen LogP contribution in [0.25, 0.3) is 22.9 Å². The molecule has 0 saturated carbocycles. The molecule has 0 bridgehead atoms. The lowest BCUT2D eigenvalue weighted by Gasteiger charge is -1.94. The van der Waals surface area contributed by atoms with Gasteiger partial charge in [0.15, 0.2) is 11.6 Å². The van der Waals surface area contributed by atoms with Crippen molar-refractivity contribution in [2.75, 3.05) is 0 Å². The van der Waals surface area contributed by atoms with Gasteiger partial charge in [-0.2, -0.15) is 10.4 Å². The summed E-state index contributed by atoms with van der Waals surface area (Å²) in [6.45, 7) is 0. The Kier molecular flexibility index (Phi) is 2.71. The first kappa shape index (κ1) is 11.0. The van der Waals surface area contributed by atoms with Crippen LogP contribution in [0.5, 0.6) is 0 Å². The van der Waals surface area contributed by atoms with Crippen molar-refractivity contribution < 1.29 is 0 Å². The van der Waals surface area contributed by atoms with E-state index in [1.807, 2.05) is 24.3 Å². The second-order valence-corrected chi connectivity index (χ2v) is 3.76. The average Bonchev–Trinajstić information content (AvgIpc) is 2.98. The van der Waals surface area contributed by atoms with Crippen LogP contribution in [0.1, 0.15) is 5.69 Å². The molecule has 0 saturated heterocycles. The van der Waals surface area contributed by atoms with E-state index in [4.69, 9.17) is 5.26 Å². The molecule has 6 heteroatoms. The van der Waals surface area contributed by atoms with Crippen molar-refractivity contribution in [2.24, 2.45) is 0 Å². The fourth-order valence-electron chi connectivity index (χ4n) is 1.64. The van der Waals surface area contributed by atoms with Gasteiger partial charge in [-0.1, -0.05) is 6.07 Å². The summed E-state index contributed by atoms with van der Waals surface area (Å²) in [6, 6.07) is 10.9. The normalized spacial score (nSPS) is 10.1. The van der Waals surface area contributed by atoms with Gasteiger partial charge in [0.05, 0.1) is 0 Å². The number of rotatable bonds is 2. The molecule has 3 aromatic heterocycles. The van der Waals surface area contributed by atoms with Crippen molar-refractivity contribution in [1.29, 1.82) is 5.26 Å². The third-order valence-corrected chi connectivity index (χ3v) is 2.53. The Balaban J connectivity index is 2.00. The highest BCUT2D eigenvalue weighted by molar-refractivity contribution is 5.59. The van der Waals surface area contributed by atoms with Crippen LogP contribution in [0.2, 0.25) is 0 Å². The molecule has 3 rings (SSSR count). The molecule has 0 aliphatic rings. The van der Waals surface area contributed by atoms with Crippen LogP contribution in [-0.2, 0) is 0 Å². The largest absolute Gasteiger partial charge is 0.257 e. The summed E-state index contributed by atoms with van der Waals surface area (Å²) in [6.07, 6.45) is 3.25. The topological polar surface area (TPSA) is 91.1 Å². The average molecular weight is 248 g/mol. The Morgan fingerprint density at radius 3 is 2.84 bits per heavy atom. The first-order chi connectivity index (χ1) is 9.36. The maximum absolute atomic E-state index is 8.82. The van der Waals surface area contributed by atoms with Crippen LogP contribution in [0.4, 0.5) is 0 Å². The molecule has 0 aromatic carbocycles. The lowest BCUT2D eigenvalue weighted by atomic mass is 10.2. The summed E-state index contributed by atoms with van der Waals surface area (Å²) < 4.78 is 0. The van der Waals surface area contributed by atoms with E-state index >= 15 is 0 Å². The molecule has 1 N–H and O–H groups in total. The highest BCUT2D eigenvalue weighted by Crippen LogP contribution is 2.18. The van der Waals surface area contributed by atoms with E-state index < -0.39 is 0 Å². The summed E-state index contributed by atoms with van der Waals surface area (Å²) >= 11 is 0. The van der Waals surface area contributed by atoms with Crippen LogP contribution in [-0.4, -0.2) is 25.1 Å². The smallest absolute Gasteiger partial charge is 0.181 e. The number of H-pyrrole nitrogens is 1. The monoisotopic (exact) mass is 248 g/mol. The molecular formula is C13H8N6. The van der Waals surface area contributed by atoms with Crippen molar-refractivity contribution in [2.45, 2.75) is 0 Å². The van der Waals surface area contributed by atoms with E-state index in [-0.39, 0.29) is 0 Å². The first-order valence-electron chi connectivity index (χ1n) is 5.57. The molecule has 0 fully saturated rings. The molecule has 0 aliphatic carbocycles. The van der Waals surface area contributed by atoms with Gasteiger partial charge in [-0.15, -0.1) is 0 Å². The molecule has 0 atom stereocenters. The molecule has 19 heavy (non-hydrogen) atoms. The predicted molar refractivity (Wildman–Crippen MR) is 67.6 cm³/mol. The maximum atomic E-state index is 8.82. The van der Waals surface area contributed by atoms with Gasteiger partial charge in [0, 0.05) is 18.0 Å². The second-order valence-electron chi connectivity index (χ2n) is 3.76. The van der Waals surface area contributed by atoms with E-state index in [2.05, 4.69) is 25.1 Å². The molecule has 0 aliphatic heterocycles. The Labute approximate surface area is 108 Å². The molecule has 0 spiro atoms. The summed E-state index contributed by atoms with van der Waals surface area (Å²) in [5.41, 5.74) is 1.79. The van der Waals surface area contributed by atoms with Crippen molar-refractivity contribution in [3.63, 3.8) is 0 Å². The molecule has 3 heterocycles. The third kappa shape index (κ3) is 2.17. The molecule has 3 aromatic rings. The van der Waals surface area contributed by atoms with Crippen LogP contribution < -0.4 is 0 Å². The Morgan fingerprint density at radius 2 is 2.05 bits per heavy atom. The zero-order valence-corrected chi connectivity index (χ0v) is 9.78. The number of hydrogen-bond acceptors (Lipinski definition) is 5. The molecule has 0 radical (unpaired) electrons. The number of pyridine rings is 2. The summed E-state index contributed by atoms with van der Waals surface area (Å²) in [5, 5.41) is 15.8. The zero-order chi connectivity index (χ0) is 13.1. The number of nitriles is 1. The fraction of sp³-hybridized carbons (Fsp3) is 0. The SMILES string of the molecule is N#Cc1cc(-c2n[nH]c(-c3ccccn3)n2)ccn1. The molecule has 0 amide bonds. The predicted octanol–water partition coefficient (Wildman–Crippen LogP) is 1.80. The summed E-state index contributed by atoms with van der Waals surface area (Å²) in [4.78, 5) is 12.5. The Hall–Kier alpha value is -3.07. The van der Waals surface area contributed by atoms with Gasteiger partial charge in [0.1, 0.15) is 17.5 Å². The number of nitrogens with zero attached hydrogens (tertiary/aromatic N) is 5. The van der Waals surface area contributed by atoms with Gasteiger partial charge >= 0.3 is 0 Å². The number of aromatic nitrogens is 5. The minimum atomic E-state index is 0.335. The van der Waals surface area contributed by atoms with Crippen LogP contribution in [0.3, 0.4) is 0 Å². The molecule has 90 valence electrons. The number of aromatic amines is 1. The van der Waals surface area contributed by atoms with Gasteiger partial charge in [-0.25, -0.2) is 9.97 Å². The zero-order valence-electron chi connectivity index (χ0n) is 9.78. The van der Waals surface area contributed by atoms with Crippen LogP contribution >= 0.6 is 0 Å². The van der Waals surface area contributed by atoms with E-state index in [0.717, 1.165) is 11.3 Å². The lowest BCUT2D eigenvalue weighted by molar-refractivity contribution is 1.09. The Morgan fingerprint density at radius 1 is 1.11 bits per heavy atom. The third-order valence-electron chi connectivity index (χ3n) is 2.53. The Bertz CT molecular complexity index is 741. The van der Waals surface area contributed by atoms with Gasteiger partial charge in [0.2, 0.25) is 0 Å². The van der Waals surface area contributed by atoms with E-state index in [0.29, 0.717) is 17.3 Å². The van der Waals surface area contributed by atoms with Gasteiger partial charge in [-0.3, -0.25) is 10.1 Å². The highest BCUT2D eigenvalue weighted by atomic mass is 15.2. The van der Waals surface area contributed by atoms with Crippen LogP contribution in [0, 0.1) is 11.3 Å². The highest BCUT2D eigenvalue weighted by Gasteiger charge is 2.08. The minimum Gasteiger partial charge on any atom is -0.257 e.